The van der Waals surface area contributed by atoms with Gasteiger partial charge in [0.1, 0.15) is 6.54 Å². The Morgan fingerprint density at radius 3 is 2.62 bits per heavy atom. The Labute approximate surface area is 95.6 Å². The van der Waals surface area contributed by atoms with Gasteiger partial charge in [-0.1, -0.05) is 0 Å². The Kier molecular flexibility index (Phi) is 3.24. The van der Waals surface area contributed by atoms with E-state index in [0.29, 0.717) is 6.54 Å². The molecule has 1 aromatic heterocycles. The van der Waals surface area contributed by atoms with Crippen LogP contribution in [0.5, 0.6) is 0 Å². The van der Waals surface area contributed by atoms with Gasteiger partial charge >= 0.3 is 0 Å². The molecule has 1 aliphatic rings. The zero-order valence-corrected chi connectivity index (χ0v) is 9.89. The van der Waals surface area contributed by atoms with Crippen LogP contribution in [0.25, 0.3) is 0 Å². The van der Waals surface area contributed by atoms with E-state index >= 15 is 0 Å². The van der Waals surface area contributed by atoms with Crippen LogP contribution in [-0.2, 0) is 11.3 Å². The minimum absolute atomic E-state index is 0.163. The first-order valence-electron chi connectivity index (χ1n) is 5.60. The van der Waals surface area contributed by atoms with Crippen LogP contribution in [0, 0.1) is 6.92 Å². The summed E-state index contributed by atoms with van der Waals surface area (Å²) in [4.78, 5) is 16.1. The van der Waals surface area contributed by atoms with E-state index in [0.717, 1.165) is 31.7 Å². The summed E-state index contributed by atoms with van der Waals surface area (Å²) < 4.78 is 1.70. The van der Waals surface area contributed by atoms with Gasteiger partial charge in [-0.3, -0.25) is 9.48 Å². The molecular weight excluding hydrogens is 204 g/mol. The van der Waals surface area contributed by atoms with Gasteiger partial charge < -0.3 is 9.80 Å². The van der Waals surface area contributed by atoms with Crippen molar-refractivity contribution < 1.29 is 4.79 Å². The molecule has 88 valence electrons. The summed E-state index contributed by atoms with van der Waals surface area (Å²) >= 11 is 0. The lowest BCUT2D eigenvalue weighted by atomic mass is 10.3. The number of rotatable bonds is 2. The maximum atomic E-state index is 11.9. The van der Waals surface area contributed by atoms with E-state index in [1.54, 1.807) is 10.9 Å². The number of aromatic nitrogens is 2. The molecule has 1 fully saturated rings. The molecule has 0 saturated carbocycles. The molecule has 0 N–H and O–H groups in total. The second-order valence-electron chi connectivity index (χ2n) is 4.40. The Morgan fingerprint density at radius 1 is 1.38 bits per heavy atom. The van der Waals surface area contributed by atoms with Gasteiger partial charge in [-0.15, -0.1) is 0 Å². The molecule has 1 aromatic rings. The van der Waals surface area contributed by atoms with E-state index in [2.05, 4.69) is 17.0 Å². The summed E-state index contributed by atoms with van der Waals surface area (Å²) in [6.45, 7) is 5.92. The van der Waals surface area contributed by atoms with Gasteiger partial charge in [0.15, 0.2) is 0 Å². The highest BCUT2D eigenvalue weighted by atomic mass is 16.2. The van der Waals surface area contributed by atoms with Crippen molar-refractivity contribution in [2.45, 2.75) is 13.5 Å². The summed E-state index contributed by atoms with van der Waals surface area (Å²) in [6, 6.07) is 0. The van der Waals surface area contributed by atoms with Gasteiger partial charge in [-0.25, -0.2) is 0 Å². The van der Waals surface area contributed by atoms with E-state index in [1.165, 1.54) is 0 Å². The van der Waals surface area contributed by atoms with Crippen molar-refractivity contribution in [3.05, 3.63) is 18.0 Å². The molecule has 0 atom stereocenters. The number of hydrogen-bond acceptors (Lipinski definition) is 3. The van der Waals surface area contributed by atoms with Crippen molar-refractivity contribution in [2.75, 3.05) is 33.2 Å². The first kappa shape index (κ1) is 11.1. The highest BCUT2D eigenvalue weighted by Gasteiger charge is 2.19. The second kappa shape index (κ2) is 4.65. The van der Waals surface area contributed by atoms with Crippen LogP contribution in [0.4, 0.5) is 0 Å². The van der Waals surface area contributed by atoms with E-state index in [1.807, 2.05) is 18.0 Å². The van der Waals surface area contributed by atoms with Crippen LogP contribution in [-0.4, -0.2) is 58.7 Å². The molecule has 2 rings (SSSR count). The summed E-state index contributed by atoms with van der Waals surface area (Å²) in [5.41, 5.74) is 1.09. The monoisotopic (exact) mass is 222 g/mol. The van der Waals surface area contributed by atoms with E-state index in [-0.39, 0.29) is 5.91 Å². The van der Waals surface area contributed by atoms with Gasteiger partial charge in [0.25, 0.3) is 0 Å². The highest BCUT2D eigenvalue weighted by Crippen LogP contribution is 2.02. The van der Waals surface area contributed by atoms with Crippen LogP contribution in [0.1, 0.15) is 5.56 Å². The van der Waals surface area contributed by atoms with Gasteiger partial charge in [0.2, 0.25) is 5.91 Å². The number of piperazine rings is 1. The molecule has 1 aliphatic heterocycles. The third kappa shape index (κ3) is 2.61. The van der Waals surface area contributed by atoms with Gasteiger partial charge in [-0.05, 0) is 19.5 Å². The fourth-order valence-electron chi connectivity index (χ4n) is 1.85. The number of hydrogen-bond donors (Lipinski definition) is 0. The number of nitrogens with zero attached hydrogens (tertiary/aromatic N) is 4. The number of likely N-dealkylation sites (N-methyl/N-ethyl adjacent to an activating group) is 1. The molecule has 2 heterocycles. The largest absolute Gasteiger partial charge is 0.339 e. The predicted molar refractivity (Wildman–Crippen MR) is 61.0 cm³/mol. The highest BCUT2D eigenvalue weighted by molar-refractivity contribution is 5.76. The molecule has 1 saturated heterocycles. The van der Waals surface area contributed by atoms with Crippen molar-refractivity contribution in [1.29, 1.82) is 0 Å². The Bertz CT molecular complexity index is 366. The minimum Gasteiger partial charge on any atom is -0.339 e. The number of carbonyl (C=O) groups is 1. The lowest BCUT2D eigenvalue weighted by Gasteiger charge is -2.32. The zero-order chi connectivity index (χ0) is 11.5. The third-order valence-corrected chi connectivity index (χ3v) is 2.92. The van der Waals surface area contributed by atoms with Crippen molar-refractivity contribution in [2.24, 2.45) is 0 Å². The molecule has 0 radical (unpaired) electrons. The number of amides is 1. The molecule has 0 aromatic carbocycles. The van der Waals surface area contributed by atoms with E-state index < -0.39 is 0 Å². The zero-order valence-electron chi connectivity index (χ0n) is 9.89. The number of carbonyl (C=O) groups excluding carboxylic acids is 1. The third-order valence-electron chi connectivity index (χ3n) is 2.92. The molecule has 0 bridgehead atoms. The molecule has 5 nitrogen and oxygen atoms in total. The Balaban J connectivity index is 1.88. The predicted octanol–water partition coefficient (Wildman–Crippen LogP) is -0.0345. The molecule has 0 unspecified atom stereocenters. The van der Waals surface area contributed by atoms with Crippen LogP contribution in [0.2, 0.25) is 0 Å². The molecule has 16 heavy (non-hydrogen) atoms. The fraction of sp³-hybridized carbons (Fsp3) is 0.636. The lowest BCUT2D eigenvalue weighted by Crippen LogP contribution is -2.48. The van der Waals surface area contributed by atoms with Crippen LogP contribution < -0.4 is 0 Å². The van der Waals surface area contributed by atoms with Crippen molar-refractivity contribution in [1.82, 2.24) is 19.6 Å². The lowest BCUT2D eigenvalue weighted by molar-refractivity contribution is -0.133. The first-order chi connectivity index (χ1) is 7.65. The van der Waals surface area contributed by atoms with Crippen molar-refractivity contribution in [3.63, 3.8) is 0 Å². The molecule has 0 aliphatic carbocycles. The molecule has 1 amide bonds. The van der Waals surface area contributed by atoms with E-state index in [4.69, 9.17) is 0 Å². The van der Waals surface area contributed by atoms with Crippen LogP contribution >= 0.6 is 0 Å². The first-order valence-corrected chi connectivity index (χ1v) is 5.60. The summed E-state index contributed by atoms with van der Waals surface area (Å²) in [7, 11) is 2.08. The topological polar surface area (TPSA) is 41.4 Å². The van der Waals surface area contributed by atoms with Gasteiger partial charge in [0.05, 0.1) is 6.20 Å². The molecular formula is C11H18N4O. The average Bonchev–Trinajstić information content (AvgIpc) is 2.65. The molecule has 5 heteroatoms. The Morgan fingerprint density at radius 2 is 2.06 bits per heavy atom. The van der Waals surface area contributed by atoms with Crippen LogP contribution in [0.15, 0.2) is 12.4 Å². The number of aryl methyl sites for hydroxylation is 1. The van der Waals surface area contributed by atoms with Crippen molar-refractivity contribution >= 4 is 5.91 Å². The van der Waals surface area contributed by atoms with Gasteiger partial charge in [-0.2, -0.15) is 5.10 Å². The quantitative estimate of drug-likeness (QED) is 0.705. The summed E-state index contributed by atoms with van der Waals surface area (Å²) in [6.07, 6.45) is 3.67. The SMILES string of the molecule is Cc1cnn(CC(=O)N2CCN(C)CC2)c1. The van der Waals surface area contributed by atoms with Gasteiger partial charge in [0, 0.05) is 32.4 Å². The maximum absolute atomic E-state index is 11.9. The maximum Gasteiger partial charge on any atom is 0.244 e. The van der Waals surface area contributed by atoms with Crippen LogP contribution in [0.3, 0.4) is 0 Å². The van der Waals surface area contributed by atoms with E-state index in [9.17, 15) is 4.79 Å². The summed E-state index contributed by atoms with van der Waals surface area (Å²) in [5.74, 6) is 0.163. The summed E-state index contributed by atoms with van der Waals surface area (Å²) in [5, 5.41) is 4.12. The minimum atomic E-state index is 0.163. The standard InChI is InChI=1S/C11H18N4O/c1-10-7-12-15(8-10)9-11(16)14-5-3-13(2)4-6-14/h7-8H,3-6,9H2,1-2H3. The average molecular weight is 222 g/mol. The van der Waals surface area contributed by atoms with Crippen molar-refractivity contribution in [3.8, 4) is 0 Å². The smallest absolute Gasteiger partial charge is 0.244 e. The Hall–Kier alpha value is -1.36. The normalized spacial score (nSPS) is 17.8. The second-order valence-corrected chi connectivity index (χ2v) is 4.40. The molecule has 0 spiro atoms. The fourth-order valence-corrected chi connectivity index (χ4v) is 1.85.